The van der Waals surface area contributed by atoms with Crippen LogP contribution in [0.1, 0.15) is 39.3 Å². The third kappa shape index (κ3) is 3.72. The van der Waals surface area contributed by atoms with E-state index in [2.05, 4.69) is 5.32 Å². The van der Waals surface area contributed by atoms with Crippen LogP contribution in [-0.4, -0.2) is 11.9 Å². The number of carbonyl (C=O) groups excluding carboxylic acids is 1. The van der Waals surface area contributed by atoms with Crippen molar-refractivity contribution in [2.75, 3.05) is 0 Å². The lowest BCUT2D eigenvalue weighted by Gasteiger charge is -2.27. The number of hydrogen-bond donors (Lipinski definition) is 2. The molecule has 0 aromatic heterocycles. The molecule has 3 N–H and O–H groups in total. The van der Waals surface area contributed by atoms with Gasteiger partial charge in [-0.05, 0) is 24.0 Å². The van der Waals surface area contributed by atoms with Crippen molar-refractivity contribution in [2.24, 2.45) is 11.1 Å². The van der Waals surface area contributed by atoms with Crippen molar-refractivity contribution in [3.63, 3.8) is 0 Å². The third-order valence-corrected chi connectivity index (χ3v) is 3.29. The van der Waals surface area contributed by atoms with Gasteiger partial charge in [0.25, 0.3) is 0 Å². The fourth-order valence-corrected chi connectivity index (χ4v) is 1.90. The second-order valence-corrected chi connectivity index (χ2v) is 6.00. The van der Waals surface area contributed by atoms with Crippen LogP contribution in [0.5, 0.6) is 0 Å². The highest BCUT2D eigenvalue weighted by atomic mass is 35.5. The lowest BCUT2D eigenvalue weighted by molar-refractivity contribution is -0.125. The van der Waals surface area contributed by atoms with E-state index in [1.807, 2.05) is 52.0 Å². The van der Waals surface area contributed by atoms with E-state index in [9.17, 15) is 4.79 Å². The first-order valence-electron chi connectivity index (χ1n) is 6.04. The topological polar surface area (TPSA) is 55.1 Å². The first-order valence-corrected chi connectivity index (χ1v) is 6.41. The van der Waals surface area contributed by atoms with E-state index >= 15 is 0 Å². The van der Waals surface area contributed by atoms with Crippen LogP contribution in [0.2, 0.25) is 5.02 Å². The van der Waals surface area contributed by atoms with Gasteiger partial charge in [0, 0.05) is 5.02 Å². The molecular formula is C14H21ClN2O. The molecule has 0 radical (unpaired) electrons. The first-order chi connectivity index (χ1) is 8.23. The predicted octanol–water partition coefficient (Wildman–Crippen LogP) is 2.89. The summed E-state index contributed by atoms with van der Waals surface area (Å²) in [4.78, 5) is 12.0. The molecule has 0 bridgehead atoms. The number of rotatable bonds is 3. The Bertz CT molecular complexity index is 426. The Morgan fingerprint density at radius 3 is 2.39 bits per heavy atom. The largest absolute Gasteiger partial charge is 0.348 e. The standard InChI is InChI=1S/C14H21ClN2O/c1-9(10-7-5-6-8-11(10)15)17-13(18)12(16)14(2,3)4/h5-9,12H,16H2,1-4H3,(H,17,18)/t9-,12?/m0/s1. The molecule has 0 aliphatic carbocycles. The Labute approximate surface area is 114 Å². The molecule has 100 valence electrons. The van der Waals surface area contributed by atoms with Gasteiger partial charge < -0.3 is 11.1 Å². The van der Waals surface area contributed by atoms with Crippen LogP contribution in [0.15, 0.2) is 24.3 Å². The molecule has 0 heterocycles. The van der Waals surface area contributed by atoms with E-state index in [0.29, 0.717) is 5.02 Å². The van der Waals surface area contributed by atoms with E-state index in [1.165, 1.54) is 0 Å². The second-order valence-electron chi connectivity index (χ2n) is 5.60. The summed E-state index contributed by atoms with van der Waals surface area (Å²) >= 11 is 6.09. The monoisotopic (exact) mass is 268 g/mol. The van der Waals surface area contributed by atoms with Gasteiger partial charge in [0.1, 0.15) is 0 Å². The van der Waals surface area contributed by atoms with E-state index < -0.39 is 6.04 Å². The summed E-state index contributed by atoms with van der Waals surface area (Å²) in [6.07, 6.45) is 0. The Kier molecular flexibility index (Phi) is 4.77. The molecule has 1 rings (SSSR count). The zero-order valence-corrected chi connectivity index (χ0v) is 12.1. The van der Waals surface area contributed by atoms with Gasteiger partial charge in [-0.15, -0.1) is 0 Å². The van der Waals surface area contributed by atoms with E-state index in [4.69, 9.17) is 17.3 Å². The molecule has 1 aromatic carbocycles. The maximum absolute atomic E-state index is 12.0. The van der Waals surface area contributed by atoms with Crippen molar-refractivity contribution >= 4 is 17.5 Å². The van der Waals surface area contributed by atoms with Gasteiger partial charge in [-0.2, -0.15) is 0 Å². The first kappa shape index (κ1) is 15.0. The van der Waals surface area contributed by atoms with Crippen molar-refractivity contribution in [3.05, 3.63) is 34.9 Å². The molecule has 2 atom stereocenters. The molecule has 1 unspecified atom stereocenters. The van der Waals surface area contributed by atoms with E-state index in [0.717, 1.165) is 5.56 Å². The molecule has 0 spiro atoms. The highest BCUT2D eigenvalue weighted by molar-refractivity contribution is 6.31. The maximum Gasteiger partial charge on any atom is 0.237 e. The van der Waals surface area contributed by atoms with Gasteiger partial charge >= 0.3 is 0 Å². The van der Waals surface area contributed by atoms with Gasteiger partial charge in [0.05, 0.1) is 12.1 Å². The van der Waals surface area contributed by atoms with Gasteiger partial charge in [0.2, 0.25) is 5.91 Å². The molecule has 0 fully saturated rings. The van der Waals surface area contributed by atoms with Crippen molar-refractivity contribution in [2.45, 2.75) is 39.8 Å². The predicted molar refractivity (Wildman–Crippen MR) is 75.4 cm³/mol. The van der Waals surface area contributed by atoms with Crippen molar-refractivity contribution in [3.8, 4) is 0 Å². The smallest absolute Gasteiger partial charge is 0.237 e. The maximum atomic E-state index is 12.0. The minimum Gasteiger partial charge on any atom is -0.348 e. The van der Waals surface area contributed by atoms with Gasteiger partial charge in [-0.3, -0.25) is 4.79 Å². The van der Waals surface area contributed by atoms with Crippen LogP contribution in [0.4, 0.5) is 0 Å². The summed E-state index contributed by atoms with van der Waals surface area (Å²) in [6, 6.07) is 6.77. The molecular weight excluding hydrogens is 248 g/mol. The Hall–Kier alpha value is -1.06. The van der Waals surface area contributed by atoms with Gasteiger partial charge in [0.15, 0.2) is 0 Å². The van der Waals surface area contributed by atoms with Crippen LogP contribution >= 0.6 is 11.6 Å². The quantitative estimate of drug-likeness (QED) is 0.886. The van der Waals surface area contributed by atoms with Crippen LogP contribution in [0, 0.1) is 5.41 Å². The number of benzene rings is 1. The minimum absolute atomic E-state index is 0.153. The molecule has 18 heavy (non-hydrogen) atoms. The Morgan fingerprint density at radius 2 is 1.89 bits per heavy atom. The van der Waals surface area contributed by atoms with Crippen LogP contribution in [0.3, 0.4) is 0 Å². The second kappa shape index (κ2) is 5.72. The number of halogens is 1. The van der Waals surface area contributed by atoms with E-state index in [-0.39, 0.29) is 17.4 Å². The Morgan fingerprint density at radius 1 is 1.33 bits per heavy atom. The highest BCUT2D eigenvalue weighted by Crippen LogP contribution is 2.23. The molecule has 0 saturated heterocycles. The normalized spacial score (nSPS) is 15.0. The SMILES string of the molecule is C[C@H](NC(=O)C(N)C(C)(C)C)c1ccccc1Cl. The van der Waals surface area contributed by atoms with Gasteiger partial charge in [-0.25, -0.2) is 0 Å². The van der Waals surface area contributed by atoms with Crippen LogP contribution < -0.4 is 11.1 Å². The van der Waals surface area contributed by atoms with E-state index in [1.54, 1.807) is 0 Å². The molecule has 0 aliphatic rings. The van der Waals surface area contributed by atoms with Crippen LogP contribution in [-0.2, 0) is 4.79 Å². The Balaban J connectivity index is 2.75. The summed E-state index contributed by atoms with van der Waals surface area (Å²) in [5.74, 6) is -0.157. The number of nitrogens with one attached hydrogen (secondary N) is 1. The number of carbonyl (C=O) groups is 1. The molecule has 4 heteroatoms. The minimum atomic E-state index is -0.539. The molecule has 3 nitrogen and oxygen atoms in total. The van der Waals surface area contributed by atoms with Crippen LogP contribution in [0.25, 0.3) is 0 Å². The number of nitrogens with two attached hydrogens (primary N) is 1. The highest BCUT2D eigenvalue weighted by Gasteiger charge is 2.28. The zero-order chi connectivity index (χ0) is 13.9. The van der Waals surface area contributed by atoms with Crippen molar-refractivity contribution in [1.29, 1.82) is 0 Å². The third-order valence-electron chi connectivity index (χ3n) is 2.95. The molecule has 0 saturated carbocycles. The average Bonchev–Trinajstić information content (AvgIpc) is 2.27. The molecule has 1 aromatic rings. The number of amides is 1. The summed E-state index contributed by atoms with van der Waals surface area (Å²) in [5, 5.41) is 3.54. The average molecular weight is 269 g/mol. The molecule has 0 aliphatic heterocycles. The van der Waals surface area contributed by atoms with Crippen molar-refractivity contribution < 1.29 is 4.79 Å². The fraction of sp³-hybridized carbons (Fsp3) is 0.500. The number of hydrogen-bond acceptors (Lipinski definition) is 2. The summed E-state index contributed by atoms with van der Waals surface area (Å²) < 4.78 is 0. The lowest BCUT2D eigenvalue weighted by atomic mass is 9.86. The van der Waals surface area contributed by atoms with Crippen molar-refractivity contribution in [1.82, 2.24) is 5.32 Å². The zero-order valence-electron chi connectivity index (χ0n) is 11.3. The lowest BCUT2D eigenvalue weighted by Crippen LogP contribution is -2.49. The summed E-state index contributed by atoms with van der Waals surface area (Å²) in [6.45, 7) is 7.72. The van der Waals surface area contributed by atoms with Gasteiger partial charge in [-0.1, -0.05) is 50.6 Å². The fourth-order valence-electron chi connectivity index (χ4n) is 1.60. The molecule has 1 amide bonds. The summed E-state index contributed by atoms with van der Waals surface area (Å²) in [5.41, 5.74) is 6.55. The summed E-state index contributed by atoms with van der Waals surface area (Å²) in [7, 11) is 0.